The predicted molar refractivity (Wildman–Crippen MR) is 82.8 cm³/mol. The molecule has 0 spiro atoms. The summed E-state index contributed by atoms with van der Waals surface area (Å²) in [5, 5.41) is 6.84. The molecule has 0 radical (unpaired) electrons. The molecular formula is C15H28N4O2. The second-order valence-electron chi connectivity index (χ2n) is 6.28. The molecule has 1 rings (SSSR count). The zero-order valence-corrected chi connectivity index (χ0v) is 13.5. The number of ether oxygens (including phenoxy) is 1. The van der Waals surface area contributed by atoms with Crippen molar-refractivity contribution < 1.29 is 9.53 Å². The first-order valence-corrected chi connectivity index (χ1v) is 7.97. The van der Waals surface area contributed by atoms with E-state index in [-0.39, 0.29) is 5.97 Å². The van der Waals surface area contributed by atoms with Gasteiger partial charge in [0, 0.05) is 18.0 Å². The van der Waals surface area contributed by atoms with Crippen LogP contribution in [0.3, 0.4) is 0 Å². The first-order valence-electron chi connectivity index (χ1n) is 7.97. The number of azide groups is 1. The third-order valence-corrected chi connectivity index (χ3v) is 4.06. The summed E-state index contributed by atoms with van der Waals surface area (Å²) in [4.78, 5) is 15.2. The van der Waals surface area contributed by atoms with E-state index in [1.807, 2.05) is 6.92 Å². The van der Waals surface area contributed by atoms with Gasteiger partial charge in [0.1, 0.15) is 5.54 Å². The number of hydrogen-bond donors (Lipinski definition) is 1. The highest BCUT2D eigenvalue weighted by molar-refractivity contribution is 5.81. The van der Waals surface area contributed by atoms with Crippen molar-refractivity contribution in [1.29, 1.82) is 0 Å². The van der Waals surface area contributed by atoms with E-state index in [2.05, 4.69) is 29.2 Å². The van der Waals surface area contributed by atoms with Crippen molar-refractivity contribution in [1.82, 2.24) is 5.32 Å². The molecule has 2 unspecified atom stereocenters. The Morgan fingerprint density at radius 1 is 1.57 bits per heavy atom. The molecule has 0 bridgehead atoms. The van der Waals surface area contributed by atoms with Crippen LogP contribution in [0, 0.1) is 11.8 Å². The molecule has 1 fully saturated rings. The summed E-state index contributed by atoms with van der Waals surface area (Å²) in [5.74, 6) is 1.03. The van der Waals surface area contributed by atoms with E-state index in [1.54, 1.807) is 0 Å². The number of nitrogens with zero attached hydrogens (tertiary/aromatic N) is 3. The van der Waals surface area contributed by atoms with Crippen molar-refractivity contribution in [2.45, 2.75) is 58.4 Å². The van der Waals surface area contributed by atoms with Gasteiger partial charge in [-0.25, -0.2) is 0 Å². The maximum absolute atomic E-state index is 12.4. The average molecular weight is 296 g/mol. The summed E-state index contributed by atoms with van der Waals surface area (Å²) in [7, 11) is 0. The molecule has 21 heavy (non-hydrogen) atoms. The minimum atomic E-state index is -0.598. The normalized spacial score (nSPS) is 25.4. The SMILES string of the molecule is CCOC(=O)C1(NCCN=[N+]=[N-])CCCC(CC(C)C)C1. The number of carbonyl (C=O) groups excluding carboxylic acids is 1. The molecule has 120 valence electrons. The van der Waals surface area contributed by atoms with Crippen LogP contribution in [0.4, 0.5) is 0 Å². The van der Waals surface area contributed by atoms with E-state index in [1.165, 1.54) is 6.42 Å². The molecule has 1 saturated carbocycles. The lowest BCUT2D eigenvalue weighted by molar-refractivity contribution is -0.153. The molecule has 1 aliphatic rings. The maximum atomic E-state index is 12.4. The quantitative estimate of drug-likeness (QED) is 0.245. The predicted octanol–water partition coefficient (Wildman–Crippen LogP) is 3.42. The van der Waals surface area contributed by atoms with Crippen LogP contribution >= 0.6 is 0 Å². The van der Waals surface area contributed by atoms with Crippen LogP contribution in [0.5, 0.6) is 0 Å². The Hall–Kier alpha value is -1.26. The van der Waals surface area contributed by atoms with Gasteiger partial charge >= 0.3 is 5.97 Å². The van der Waals surface area contributed by atoms with E-state index in [4.69, 9.17) is 10.3 Å². The average Bonchev–Trinajstić information content (AvgIpc) is 2.43. The minimum absolute atomic E-state index is 0.153. The number of rotatable bonds is 8. The lowest BCUT2D eigenvalue weighted by Gasteiger charge is -2.40. The molecule has 2 atom stereocenters. The fourth-order valence-electron chi connectivity index (χ4n) is 3.33. The molecule has 0 heterocycles. The van der Waals surface area contributed by atoms with Gasteiger partial charge in [-0.05, 0) is 43.6 Å². The lowest BCUT2D eigenvalue weighted by atomic mass is 9.73. The van der Waals surface area contributed by atoms with Crippen LogP contribution in [-0.4, -0.2) is 31.2 Å². The molecule has 1 aliphatic carbocycles. The van der Waals surface area contributed by atoms with Gasteiger partial charge in [-0.3, -0.25) is 4.79 Å². The monoisotopic (exact) mass is 296 g/mol. The van der Waals surface area contributed by atoms with Gasteiger partial charge in [-0.1, -0.05) is 31.8 Å². The topological polar surface area (TPSA) is 87.1 Å². The highest BCUT2D eigenvalue weighted by Crippen LogP contribution is 2.36. The largest absolute Gasteiger partial charge is 0.465 e. The molecule has 0 saturated heterocycles. The standard InChI is InChI=1S/C15H28N4O2/c1-4-21-14(20)15(17-8-9-18-19-16)7-5-6-13(11-15)10-12(2)3/h12-13,17H,4-11H2,1-3H3. The van der Waals surface area contributed by atoms with E-state index in [0.717, 1.165) is 25.7 Å². The van der Waals surface area contributed by atoms with Gasteiger partial charge in [-0.15, -0.1) is 0 Å². The number of esters is 1. The Morgan fingerprint density at radius 2 is 2.33 bits per heavy atom. The summed E-state index contributed by atoms with van der Waals surface area (Å²) in [5.41, 5.74) is 7.74. The summed E-state index contributed by atoms with van der Waals surface area (Å²) >= 11 is 0. The Labute approximate surface area is 127 Å². The first kappa shape index (κ1) is 17.8. The molecule has 0 aliphatic heterocycles. The zero-order valence-electron chi connectivity index (χ0n) is 13.5. The van der Waals surface area contributed by atoms with Crippen LogP contribution in [0.25, 0.3) is 10.4 Å². The molecule has 0 aromatic heterocycles. The van der Waals surface area contributed by atoms with Crippen LogP contribution < -0.4 is 5.32 Å². The Balaban J connectivity index is 2.74. The molecule has 6 nitrogen and oxygen atoms in total. The molecule has 0 aromatic rings. The Kier molecular flexibility index (Phi) is 7.54. The maximum Gasteiger partial charge on any atom is 0.326 e. The van der Waals surface area contributed by atoms with E-state index < -0.39 is 5.54 Å². The molecule has 1 N–H and O–H groups in total. The van der Waals surface area contributed by atoms with E-state index in [9.17, 15) is 4.79 Å². The third-order valence-electron chi connectivity index (χ3n) is 4.06. The molecule has 0 amide bonds. The highest BCUT2D eigenvalue weighted by atomic mass is 16.5. The van der Waals surface area contributed by atoms with Gasteiger partial charge < -0.3 is 10.1 Å². The van der Waals surface area contributed by atoms with Crippen molar-refractivity contribution in [3.05, 3.63) is 10.4 Å². The first-order chi connectivity index (χ1) is 10.0. The summed E-state index contributed by atoms with van der Waals surface area (Å²) in [6.07, 6.45) is 4.97. The molecule has 6 heteroatoms. The van der Waals surface area contributed by atoms with Gasteiger partial charge in [0.2, 0.25) is 0 Å². The van der Waals surface area contributed by atoms with Gasteiger partial charge in [0.15, 0.2) is 0 Å². The molecular weight excluding hydrogens is 268 g/mol. The van der Waals surface area contributed by atoms with Gasteiger partial charge in [-0.2, -0.15) is 0 Å². The van der Waals surface area contributed by atoms with Crippen molar-refractivity contribution in [2.75, 3.05) is 19.7 Å². The van der Waals surface area contributed by atoms with E-state index in [0.29, 0.717) is 31.5 Å². The smallest absolute Gasteiger partial charge is 0.326 e. The number of hydrogen-bond acceptors (Lipinski definition) is 4. The second-order valence-corrected chi connectivity index (χ2v) is 6.28. The summed E-state index contributed by atoms with van der Waals surface area (Å²) < 4.78 is 5.29. The fourth-order valence-corrected chi connectivity index (χ4v) is 3.33. The lowest BCUT2D eigenvalue weighted by Crippen LogP contribution is -2.56. The van der Waals surface area contributed by atoms with Crippen molar-refractivity contribution in [3.8, 4) is 0 Å². The van der Waals surface area contributed by atoms with Crippen molar-refractivity contribution >= 4 is 5.97 Å². The summed E-state index contributed by atoms with van der Waals surface area (Å²) in [6, 6.07) is 0. The number of nitrogens with one attached hydrogen (secondary N) is 1. The fraction of sp³-hybridized carbons (Fsp3) is 0.933. The van der Waals surface area contributed by atoms with Crippen LogP contribution in [0.2, 0.25) is 0 Å². The van der Waals surface area contributed by atoms with Crippen LogP contribution in [0.15, 0.2) is 5.11 Å². The minimum Gasteiger partial charge on any atom is -0.465 e. The van der Waals surface area contributed by atoms with Crippen LogP contribution in [0.1, 0.15) is 52.9 Å². The molecule has 0 aromatic carbocycles. The van der Waals surface area contributed by atoms with Crippen LogP contribution in [-0.2, 0) is 9.53 Å². The summed E-state index contributed by atoms with van der Waals surface area (Å²) in [6.45, 7) is 7.53. The zero-order chi connectivity index (χ0) is 15.7. The van der Waals surface area contributed by atoms with Gasteiger partial charge in [0.25, 0.3) is 0 Å². The van der Waals surface area contributed by atoms with Gasteiger partial charge in [0.05, 0.1) is 6.61 Å². The van der Waals surface area contributed by atoms with Crippen molar-refractivity contribution in [3.63, 3.8) is 0 Å². The number of carbonyl (C=O) groups is 1. The van der Waals surface area contributed by atoms with E-state index >= 15 is 0 Å². The Morgan fingerprint density at radius 3 is 2.95 bits per heavy atom. The third kappa shape index (κ3) is 5.56. The highest BCUT2D eigenvalue weighted by Gasteiger charge is 2.43. The second kappa shape index (κ2) is 8.90. The van der Waals surface area contributed by atoms with Crippen molar-refractivity contribution in [2.24, 2.45) is 17.0 Å². The Bertz CT molecular complexity index is 380.